The van der Waals surface area contributed by atoms with Gasteiger partial charge < -0.3 is 4.74 Å². The number of hydrogen-bond donors (Lipinski definition) is 1. The highest BCUT2D eigenvalue weighted by Gasteiger charge is 2.23. The summed E-state index contributed by atoms with van der Waals surface area (Å²) in [6, 6.07) is 14.5. The van der Waals surface area contributed by atoms with E-state index in [1.54, 1.807) is 37.3 Å². The van der Waals surface area contributed by atoms with Gasteiger partial charge in [0.2, 0.25) is 0 Å². The first-order valence-corrected chi connectivity index (χ1v) is 7.45. The number of para-hydroxylation sites is 1. The van der Waals surface area contributed by atoms with Gasteiger partial charge >= 0.3 is 11.7 Å². The molecular weight excluding hydrogens is 311 g/mol. The second kappa shape index (κ2) is 6.54. The molecular formula is C18H15FN2O3. The quantitative estimate of drug-likeness (QED) is 0.749. The molecule has 1 heterocycles. The summed E-state index contributed by atoms with van der Waals surface area (Å²) in [6.07, 6.45) is 0. The Balaban J connectivity index is 2.30. The molecule has 3 rings (SSSR count). The molecule has 0 bridgehead atoms. The number of esters is 1. The lowest BCUT2D eigenvalue weighted by molar-refractivity contribution is 0.0521. The van der Waals surface area contributed by atoms with E-state index >= 15 is 0 Å². The molecule has 0 saturated carbocycles. The summed E-state index contributed by atoms with van der Waals surface area (Å²) in [5, 5.41) is 0. The Hall–Kier alpha value is -3.15. The maximum Gasteiger partial charge on any atom is 0.357 e. The van der Waals surface area contributed by atoms with Crippen LogP contribution in [0.25, 0.3) is 16.9 Å². The van der Waals surface area contributed by atoms with Crippen molar-refractivity contribution in [2.24, 2.45) is 0 Å². The minimum absolute atomic E-state index is 0.00342. The van der Waals surface area contributed by atoms with Crippen molar-refractivity contribution in [3.63, 3.8) is 0 Å². The summed E-state index contributed by atoms with van der Waals surface area (Å²) < 4.78 is 20.0. The van der Waals surface area contributed by atoms with Crippen LogP contribution in [0, 0.1) is 5.82 Å². The number of carbonyl (C=O) groups is 1. The maximum absolute atomic E-state index is 13.7. The minimum Gasteiger partial charge on any atom is -0.461 e. The topological polar surface area (TPSA) is 64.1 Å². The summed E-state index contributed by atoms with van der Waals surface area (Å²) in [6.45, 7) is 1.84. The number of nitrogens with zero attached hydrogens (tertiary/aromatic N) is 1. The standard InChI is InChI=1S/C18H15FN2O3/c1-2-24-17(22)15-16(12-7-6-8-13(19)11-12)21(18(23)20-15)14-9-4-3-5-10-14/h3-11H,2H2,1H3,(H,20,23). The molecule has 1 aromatic heterocycles. The molecule has 0 spiro atoms. The van der Waals surface area contributed by atoms with E-state index in [1.807, 2.05) is 6.07 Å². The number of imidazole rings is 1. The van der Waals surface area contributed by atoms with Gasteiger partial charge in [-0.15, -0.1) is 0 Å². The number of ether oxygens (including phenoxy) is 1. The molecule has 0 amide bonds. The zero-order valence-electron chi connectivity index (χ0n) is 13.0. The normalized spacial score (nSPS) is 10.6. The van der Waals surface area contributed by atoms with Crippen molar-refractivity contribution in [2.45, 2.75) is 6.92 Å². The number of H-pyrrole nitrogens is 1. The van der Waals surface area contributed by atoms with Gasteiger partial charge in [-0.25, -0.2) is 14.0 Å². The lowest BCUT2D eigenvalue weighted by atomic mass is 10.1. The van der Waals surface area contributed by atoms with E-state index in [9.17, 15) is 14.0 Å². The monoisotopic (exact) mass is 326 g/mol. The van der Waals surface area contributed by atoms with Crippen LogP contribution in [0.1, 0.15) is 17.4 Å². The number of carbonyl (C=O) groups excluding carboxylic acids is 1. The number of aromatic nitrogens is 2. The Morgan fingerprint density at radius 3 is 2.58 bits per heavy atom. The average Bonchev–Trinajstić information content (AvgIpc) is 2.93. The molecule has 2 aromatic carbocycles. The van der Waals surface area contributed by atoms with Crippen molar-refractivity contribution in [3.8, 4) is 16.9 Å². The van der Waals surface area contributed by atoms with Gasteiger partial charge in [-0.3, -0.25) is 9.55 Å². The molecule has 0 aliphatic carbocycles. The maximum atomic E-state index is 13.7. The first-order valence-electron chi connectivity index (χ1n) is 7.45. The van der Waals surface area contributed by atoms with Gasteiger partial charge in [0.05, 0.1) is 18.0 Å². The van der Waals surface area contributed by atoms with Gasteiger partial charge in [0.25, 0.3) is 0 Å². The molecule has 0 unspecified atom stereocenters. The predicted octanol–water partition coefficient (Wildman–Crippen LogP) is 3.15. The fourth-order valence-corrected chi connectivity index (χ4v) is 2.52. The number of rotatable bonds is 4. The third-order valence-electron chi connectivity index (χ3n) is 3.49. The minimum atomic E-state index is -0.663. The van der Waals surface area contributed by atoms with Gasteiger partial charge in [-0.1, -0.05) is 30.3 Å². The van der Waals surface area contributed by atoms with Crippen LogP contribution < -0.4 is 5.69 Å². The van der Waals surface area contributed by atoms with Crippen molar-refractivity contribution >= 4 is 5.97 Å². The zero-order chi connectivity index (χ0) is 17.1. The van der Waals surface area contributed by atoms with Crippen LogP contribution in [-0.2, 0) is 4.74 Å². The van der Waals surface area contributed by atoms with E-state index in [-0.39, 0.29) is 18.0 Å². The van der Waals surface area contributed by atoms with Crippen molar-refractivity contribution in [3.05, 3.63) is 76.6 Å². The van der Waals surface area contributed by atoms with Gasteiger partial charge in [0, 0.05) is 5.56 Å². The Morgan fingerprint density at radius 1 is 1.17 bits per heavy atom. The highest BCUT2D eigenvalue weighted by molar-refractivity contribution is 5.94. The molecule has 0 atom stereocenters. The van der Waals surface area contributed by atoms with Gasteiger partial charge in [0.1, 0.15) is 5.82 Å². The fraction of sp³-hybridized carbons (Fsp3) is 0.111. The van der Waals surface area contributed by atoms with E-state index in [1.165, 1.54) is 22.8 Å². The molecule has 122 valence electrons. The van der Waals surface area contributed by atoms with Crippen molar-refractivity contribution in [1.82, 2.24) is 9.55 Å². The Labute approximate surface area is 137 Å². The second-order valence-corrected chi connectivity index (χ2v) is 5.06. The number of aromatic amines is 1. The molecule has 0 aliphatic heterocycles. The van der Waals surface area contributed by atoms with E-state index in [0.29, 0.717) is 11.3 Å². The molecule has 1 N–H and O–H groups in total. The molecule has 5 nitrogen and oxygen atoms in total. The third kappa shape index (κ3) is 2.86. The number of nitrogens with one attached hydrogen (secondary N) is 1. The SMILES string of the molecule is CCOC(=O)c1[nH]c(=O)n(-c2ccccc2)c1-c1cccc(F)c1. The van der Waals surface area contributed by atoms with Crippen LogP contribution in [0.15, 0.2) is 59.4 Å². The van der Waals surface area contributed by atoms with Crippen molar-refractivity contribution in [2.75, 3.05) is 6.61 Å². The summed E-state index contributed by atoms with van der Waals surface area (Å²) >= 11 is 0. The van der Waals surface area contributed by atoms with Crippen LogP contribution in [0.3, 0.4) is 0 Å². The highest BCUT2D eigenvalue weighted by atomic mass is 19.1. The highest BCUT2D eigenvalue weighted by Crippen LogP contribution is 2.26. The van der Waals surface area contributed by atoms with Gasteiger partial charge in [-0.2, -0.15) is 0 Å². The molecule has 24 heavy (non-hydrogen) atoms. The Bertz CT molecular complexity index is 929. The zero-order valence-corrected chi connectivity index (χ0v) is 13.0. The number of benzene rings is 2. The molecule has 6 heteroatoms. The molecule has 0 fully saturated rings. The first kappa shape index (κ1) is 15.7. The summed E-state index contributed by atoms with van der Waals surface area (Å²) in [4.78, 5) is 27.2. The molecule has 0 saturated heterocycles. The smallest absolute Gasteiger partial charge is 0.357 e. The number of hydrogen-bond acceptors (Lipinski definition) is 3. The first-order chi connectivity index (χ1) is 11.6. The third-order valence-corrected chi connectivity index (χ3v) is 3.49. The Morgan fingerprint density at radius 2 is 1.92 bits per heavy atom. The summed E-state index contributed by atoms with van der Waals surface area (Å²) in [7, 11) is 0. The molecule has 0 radical (unpaired) electrons. The second-order valence-electron chi connectivity index (χ2n) is 5.06. The molecule has 3 aromatic rings. The molecule has 0 aliphatic rings. The summed E-state index contributed by atoms with van der Waals surface area (Å²) in [5.74, 6) is -1.13. The van der Waals surface area contributed by atoms with E-state index in [0.717, 1.165) is 0 Å². The van der Waals surface area contributed by atoms with E-state index < -0.39 is 17.5 Å². The van der Waals surface area contributed by atoms with E-state index in [2.05, 4.69) is 4.98 Å². The van der Waals surface area contributed by atoms with Crippen LogP contribution in [0.5, 0.6) is 0 Å². The van der Waals surface area contributed by atoms with E-state index in [4.69, 9.17) is 4.74 Å². The predicted molar refractivity (Wildman–Crippen MR) is 87.7 cm³/mol. The Kier molecular flexibility index (Phi) is 4.29. The van der Waals surface area contributed by atoms with Crippen LogP contribution in [-0.4, -0.2) is 22.1 Å². The fourth-order valence-electron chi connectivity index (χ4n) is 2.52. The van der Waals surface area contributed by atoms with Crippen molar-refractivity contribution in [1.29, 1.82) is 0 Å². The van der Waals surface area contributed by atoms with Gasteiger partial charge in [0.15, 0.2) is 5.69 Å². The largest absolute Gasteiger partial charge is 0.461 e. The summed E-state index contributed by atoms with van der Waals surface area (Å²) in [5.41, 5.74) is 0.734. The lowest BCUT2D eigenvalue weighted by Crippen LogP contribution is -2.15. The lowest BCUT2D eigenvalue weighted by Gasteiger charge is -2.09. The van der Waals surface area contributed by atoms with Crippen LogP contribution >= 0.6 is 0 Å². The average molecular weight is 326 g/mol. The van der Waals surface area contributed by atoms with Gasteiger partial charge in [-0.05, 0) is 31.2 Å². The van der Waals surface area contributed by atoms with Crippen molar-refractivity contribution < 1.29 is 13.9 Å². The number of halogens is 1. The van der Waals surface area contributed by atoms with Crippen LogP contribution in [0.4, 0.5) is 4.39 Å². The van der Waals surface area contributed by atoms with Crippen LogP contribution in [0.2, 0.25) is 0 Å².